The molecule has 0 bridgehead atoms. The molecule has 3 aromatic rings. The Bertz CT molecular complexity index is 1090. The number of hydrogen-bond donors (Lipinski definition) is 1. The minimum Gasteiger partial charge on any atom is -0.368 e. The summed E-state index contributed by atoms with van der Waals surface area (Å²) in [5.74, 6) is 0.899. The molecule has 2 amide bonds. The zero-order valence-electron chi connectivity index (χ0n) is 18.9. The monoisotopic (exact) mass is 464 g/mol. The summed E-state index contributed by atoms with van der Waals surface area (Å²) in [4.78, 5) is 29.2. The fourth-order valence-electron chi connectivity index (χ4n) is 3.66. The zero-order chi connectivity index (χ0) is 23.2. The van der Waals surface area contributed by atoms with Crippen molar-refractivity contribution in [2.75, 3.05) is 36.8 Å². The average Bonchev–Trinajstić information content (AvgIpc) is 3.21. The summed E-state index contributed by atoms with van der Waals surface area (Å²) < 4.78 is 1.82. The Morgan fingerprint density at radius 2 is 1.67 bits per heavy atom. The van der Waals surface area contributed by atoms with E-state index in [1.54, 1.807) is 12.1 Å². The van der Waals surface area contributed by atoms with E-state index in [2.05, 4.69) is 32.5 Å². The van der Waals surface area contributed by atoms with Crippen molar-refractivity contribution in [1.82, 2.24) is 25.0 Å². The Labute approximate surface area is 198 Å². The molecule has 1 fully saturated rings. The van der Waals surface area contributed by atoms with Gasteiger partial charge in [-0.15, -0.1) is 10.2 Å². The Balaban J connectivity index is 1.24. The summed E-state index contributed by atoms with van der Waals surface area (Å²) in [6.45, 7) is 5.33. The van der Waals surface area contributed by atoms with Gasteiger partial charge in [0.1, 0.15) is 0 Å². The lowest BCUT2D eigenvalue weighted by atomic mass is 10.1. The third-order valence-electron chi connectivity index (χ3n) is 5.72. The molecule has 172 valence electrons. The van der Waals surface area contributed by atoms with Crippen molar-refractivity contribution in [3.05, 3.63) is 71.5 Å². The highest BCUT2D eigenvalue weighted by molar-refractivity contribution is 7.99. The normalized spacial score (nSPS) is 13.8. The zero-order valence-corrected chi connectivity index (χ0v) is 19.7. The number of hydrogen-bond acceptors (Lipinski definition) is 6. The summed E-state index contributed by atoms with van der Waals surface area (Å²) >= 11 is 1.37. The summed E-state index contributed by atoms with van der Waals surface area (Å²) in [7, 11) is 1.85. The topological polar surface area (TPSA) is 83.4 Å². The van der Waals surface area contributed by atoms with E-state index in [0.29, 0.717) is 35.4 Å². The molecule has 8 nitrogen and oxygen atoms in total. The molecule has 2 aromatic carbocycles. The first-order chi connectivity index (χ1) is 16.0. The number of anilines is 1. The van der Waals surface area contributed by atoms with Crippen molar-refractivity contribution in [1.29, 1.82) is 0 Å². The van der Waals surface area contributed by atoms with Gasteiger partial charge < -0.3 is 19.7 Å². The predicted molar refractivity (Wildman–Crippen MR) is 129 cm³/mol. The van der Waals surface area contributed by atoms with Gasteiger partial charge >= 0.3 is 0 Å². The molecule has 0 saturated carbocycles. The van der Waals surface area contributed by atoms with Crippen LogP contribution >= 0.6 is 11.8 Å². The van der Waals surface area contributed by atoms with Gasteiger partial charge in [0.05, 0.1) is 12.3 Å². The molecular formula is C24H28N6O2S. The maximum absolute atomic E-state index is 12.7. The first-order valence-corrected chi connectivity index (χ1v) is 11.9. The van der Waals surface area contributed by atoms with Crippen LogP contribution in [-0.2, 0) is 18.4 Å². The van der Waals surface area contributed by atoms with Crippen molar-refractivity contribution >= 4 is 29.3 Å². The highest BCUT2D eigenvalue weighted by Gasteiger charge is 2.22. The van der Waals surface area contributed by atoms with E-state index in [9.17, 15) is 9.59 Å². The predicted octanol–water partition coefficient (Wildman–Crippen LogP) is 2.49. The van der Waals surface area contributed by atoms with Crippen LogP contribution in [0.5, 0.6) is 0 Å². The van der Waals surface area contributed by atoms with Gasteiger partial charge in [0, 0.05) is 44.5 Å². The van der Waals surface area contributed by atoms with E-state index >= 15 is 0 Å². The molecule has 33 heavy (non-hydrogen) atoms. The van der Waals surface area contributed by atoms with Crippen LogP contribution in [0.25, 0.3) is 0 Å². The highest BCUT2D eigenvalue weighted by Crippen LogP contribution is 2.19. The second-order valence-electron chi connectivity index (χ2n) is 8.00. The second kappa shape index (κ2) is 10.5. The Morgan fingerprint density at radius 3 is 2.36 bits per heavy atom. The number of para-hydroxylation sites is 1. The maximum atomic E-state index is 12.7. The van der Waals surface area contributed by atoms with Gasteiger partial charge in [-0.1, -0.05) is 47.7 Å². The first kappa shape index (κ1) is 22.8. The van der Waals surface area contributed by atoms with Crippen LogP contribution in [0.15, 0.2) is 59.8 Å². The number of carbonyl (C=O) groups excluding carboxylic acids is 2. The lowest BCUT2D eigenvalue weighted by molar-refractivity contribution is -0.128. The van der Waals surface area contributed by atoms with Gasteiger partial charge in [0.25, 0.3) is 5.91 Å². The Morgan fingerprint density at radius 1 is 0.970 bits per heavy atom. The fraction of sp³-hybridized carbons (Fsp3) is 0.333. The molecule has 0 atom stereocenters. The molecule has 2 heterocycles. The molecule has 1 aliphatic rings. The van der Waals surface area contributed by atoms with Crippen LogP contribution in [0.1, 0.15) is 21.7 Å². The van der Waals surface area contributed by atoms with Crippen LogP contribution in [0.2, 0.25) is 0 Å². The fourth-order valence-corrected chi connectivity index (χ4v) is 4.49. The van der Waals surface area contributed by atoms with Crippen LogP contribution in [0, 0.1) is 6.92 Å². The van der Waals surface area contributed by atoms with Crippen molar-refractivity contribution in [2.24, 2.45) is 7.05 Å². The number of aryl methyl sites for hydroxylation is 1. The van der Waals surface area contributed by atoms with Crippen molar-refractivity contribution in [2.45, 2.75) is 18.6 Å². The van der Waals surface area contributed by atoms with Crippen molar-refractivity contribution < 1.29 is 9.59 Å². The molecule has 4 rings (SSSR count). The molecule has 0 aliphatic carbocycles. The third-order valence-corrected chi connectivity index (χ3v) is 6.73. The summed E-state index contributed by atoms with van der Waals surface area (Å²) in [5.41, 5.74) is 2.91. The molecule has 1 N–H and O–H groups in total. The summed E-state index contributed by atoms with van der Waals surface area (Å²) in [6, 6.07) is 17.7. The smallest absolute Gasteiger partial charge is 0.251 e. The minimum atomic E-state index is -0.156. The minimum absolute atomic E-state index is 0.102. The van der Waals surface area contributed by atoms with Crippen molar-refractivity contribution in [3.63, 3.8) is 0 Å². The Kier molecular flexibility index (Phi) is 7.29. The van der Waals surface area contributed by atoms with Gasteiger partial charge in [-0.3, -0.25) is 9.59 Å². The van der Waals surface area contributed by atoms with E-state index < -0.39 is 0 Å². The molecule has 0 radical (unpaired) electrons. The molecule has 1 aromatic heterocycles. The van der Waals surface area contributed by atoms with Gasteiger partial charge in [-0.25, -0.2) is 0 Å². The molecule has 1 aliphatic heterocycles. The first-order valence-electron chi connectivity index (χ1n) is 10.9. The van der Waals surface area contributed by atoms with E-state index in [0.717, 1.165) is 18.7 Å². The van der Waals surface area contributed by atoms with Gasteiger partial charge in [0.2, 0.25) is 5.91 Å². The molecule has 0 spiro atoms. The lowest BCUT2D eigenvalue weighted by Gasteiger charge is -2.36. The van der Waals surface area contributed by atoms with Gasteiger partial charge in [-0.2, -0.15) is 0 Å². The number of nitrogens with one attached hydrogen (secondary N) is 1. The SMILES string of the molecule is Cc1ccc(C(=O)NCc2nnc(SCC(=O)N3CCN(c4ccccc4)CC3)n2C)cc1. The summed E-state index contributed by atoms with van der Waals surface area (Å²) in [6.07, 6.45) is 0. The number of piperazine rings is 1. The molecule has 9 heteroatoms. The van der Waals surface area contributed by atoms with Crippen LogP contribution in [0.3, 0.4) is 0 Å². The van der Waals surface area contributed by atoms with E-state index in [1.165, 1.54) is 17.4 Å². The lowest BCUT2D eigenvalue weighted by Crippen LogP contribution is -2.49. The van der Waals surface area contributed by atoms with E-state index in [1.807, 2.05) is 53.8 Å². The van der Waals surface area contributed by atoms with E-state index in [4.69, 9.17) is 0 Å². The average molecular weight is 465 g/mol. The molecule has 1 saturated heterocycles. The second-order valence-corrected chi connectivity index (χ2v) is 8.94. The number of aromatic nitrogens is 3. The molecular weight excluding hydrogens is 436 g/mol. The largest absolute Gasteiger partial charge is 0.368 e. The molecule has 0 unspecified atom stereocenters. The summed E-state index contributed by atoms with van der Waals surface area (Å²) in [5, 5.41) is 11.9. The standard InChI is InChI=1S/C24H28N6O2S/c1-18-8-10-19(11-9-18)23(32)25-16-21-26-27-24(28(21)2)33-17-22(31)30-14-12-29(13-15-30)20-6-4-3-5-7-20/h3-11H,12-17H2,1-2H3,(H,25,32). The number of carbonyl (C=O) groups is 2. The van der Waals surface area contributed by atoms with Gasteiger partial charge in [-0.05, 0) is 31.2 Å². The van der Waals surface area contributed by atoms with Crippen LogP contribution in [-0.4, -0.2) is 63.4 Å². The number of rotatable bonds is 7. The highest BCUT2D eigenvalue weighted by atomic mass is 32.2. The number of amides is 2. The third kappa shape index (κ3) is 5.73. The van der Waals surface area contributed by atoms with Crippen molar-refractivity contribution in [3.8, 4) is 0 Å². The Hall–Kier alpha value is -3.33. The number of benzene rings is 2. The van der Waals surface area contributed by atoms with Crippen LogP contribution in [0.4, 0.5) is 5.69 Å². The van der Waals surface area contributed by atoms with Gasteiger partial charge in [0.15, 0.2) is 11.0 Å². The van der Waals surface area contributed by atoms with E-state index in [-0.39, 0.29) is 18.4 Å². The maximum Gasteiger partial charge on any atom is 0.251 e. The number of thioether (sulfide) groups is 1. The number of nitrogens with zero attached hydrogens (tertiary/aromatic N) is 5. The quantitative estimate of drug-likeness (QED) is 0.541. The van der Waals surface area contributed by atoms with Crippen LogP contribution < -0.4 is 10.2 Å².